The van der Waals surface area contributed by atoms with Gasteiger partial charge in [0.05, 0.1) is 18.8 Å². The second-order valence-electron chi connectivity index (χ2n) is 5.01. The first kappa shape index (κ1) is 11.9. The van der Waals surface area contributed by atoms with Crippen molar-refractivity contribution < 1.29 is 9.53 Å². The van der Waals surface area contributed by atoms with E-state index < -0.39 is 0 Å². The Morgan fingerprint density at radius 3 is 3.12 bits per heavy atom. The molecular weight excluding hydrogens is 204 g/mol. The first-order valence-electron chi connectivity index (χ1n) is 6.35. The van der Waals surface area contributed by atoms with E-state index in [1.54, 1.807) is 0 Å². The van der Waals surface area contributed by atoms with Gasteiger partial charge in [-0.2, -0.15) is 0 Å². The van der Waals surface area contributed by atoms with Crippen LogP contribution in [-0.2, 0) is 9.53 Å². The van der Waals surface area contributed by atoms with E-state index in [-0.39, 0.29) is 11.9 Å². The molecule has 2 rings (SSSR count). The molecule has 16 heavy (non-hydrogen) atoms. The predicted molar refractivity (Wildman–Crippen MR) is 62.0 cm³/mol. The maximum absolute atomic E-state index is 12.1. The van der Waals surface area contributed by atoms with Crippen molar-refractivity contribution in [2.45, 2.75) is 57.2 Å². The molecule has 1 heterocycles. The maximum Gasteiger partial charge on any atom is 0.223 e. The number of morpholine rings is 1. The molecule has 2 fully saturated rings. The van der Waals surface area contributed by atoms with Crippen LogP contribution in [0.15, 0.2) is 0 Å². The zero-order chi connectivity index (χ0) is 11.5. The van der Waals surface area contributed by atoms with E-state index in [0.717, 1.165) is 25.8 Å². The number of amides is 1. The highest BCUT2D eigenvalue weighted by molar-refractivity contribution is 5.76. The number of nitrogens with two attached hydrogens (primary N) is 1. The summed E-state index contributed by atoms with van der Waals surface area (Å²) in [5, 5.41) is 0. The van der Waals surface area contributed by atoms with Crippen molar-refractivity contribution >= 4 is 5.91 Å². The molecule has 2 N–H and O–H groups in total. The Hall–Kier alpha value is -0.610. The topological polar surface area (TPSA) is 55.6 Å². The summed E-state index contributed by atoms with van der Waals surface area (Å²) in [6, 6.07) is 0.457. The number of hydrogen-bond acceptors (Lipinski definition) is 3. The van der Waals surface area contributed by atoms with Crippen LogP contribution in [0.1, 0.15) is 39.0 Å². The van der Waals surface area contributed by atoms with Gasteiger partial charge in [0.1, 0.15) is 0 Å². The van der Waals surface area contributed by atoms with Gasteiger partial charge in [-0.25, -0.2) is 0 Å². The summed E-state index contributed by atoms with van der Waals surface area (Å²) in [6.07, 6.45) is 5.07. The molecule has 1 saturated heterocycles. The average Bonchev–Trinajstić information content (AvgIpc) is 2.73. The Balaban J connectivity index is 1.89. The number of hydrogen-bond donors (Lipinski definition) is 1. The summed E-state index contributed by atoms with van der Waals surface area (Å²) in [5.74, 6) is 0.262. The quantitative estimate of drug-likeness (QED) is 0.777. The molecule has 1 aliphatic heterocycles. The molecule has 0 aromatic carbocycles. The van der Waals surface area contributed by atoms with Gasteiger partial charge in [-0.3, -0.25) is 4.79 Å². The van der Waals surface area contributed by atoms with E-state index in [2.05, 4.69) is 0 Å². The molecule has 4 heteroatoms. The molecule has 3 unspecified atom stereocenters. The van der Waals surface area contributed by atoms with Gasteiger partial charge in [-0.05, 0) is 32.6 Å². The van der Waals surface area contributed by atoms with E-state index in [1.807, 2.05) is 11.8 Å². The summed E-state index contributed by atoms with van der Waals surface area (Å²) in [6.45, 7) is 3.41. The molecule has 92 valence electrons. The van der Waals surface area contributed by atoms with Gasteiger partial charge in [0.25, 0.3) is 0 Å². The summed E-state index contributed by atoms with van der Waals surface area (Å²) in [4.78, 5) is 14.1. The lowest BCUT2D eigenvalue weighted by Crippen LogP contribution is -2.51. The van der Waals surface area contributed by atoms with Gasteiger partial charge in [0, 0.05) is 19.0 Å². The Morgan fingerprint density at radius 2 is 2.38 bits per heavy atom. The molecule has 1 amide bonds. The lowest BCUT2D eigenvalue weighted by atomic mass is 10.1. The number of rotatable bonds is 3. The molecule has 0 bridgehead atoms. The van der Waals surface area contributed by atoms with Gasteiger partial charge in [0.2, 0.25) is 5.91 Å². The summed E-state index contributed by atoms with van der Waals surface area (Å²) >= 11 is 0. The van der Waals surface area contributed by atoms with Crippen molar-refractivity contribution in [2.24, 2.45) is 5.73 Å². The molecule has 1 saturated carbocycles. The maximum atomic E-state index is 12.1. The van der Waals surface area contributed by atoms with Crippen LogP contribution in [0, 0.1) is 0 Å². The van der Waals surface area contributed by atoms with Gasteiger partial charge in [-0.15, -0.1) is 0 Å². The minimum absolute atomic E-state index is 0.115. The third kappa shape index (κ3) is 2.55. The lowest BCUT2D eigenvalue weighted by molar-refractivity contribution is -0.144. The number of ether oxygens (including phenoxy) is 1. The minimum atomic E-state index is 0.115. The lowest BCUT2D eigenvalue weighted by Gasteiger charge is -2.37. The Kier molecular flexibility index (Phi) is 3.82. The summed E-state index contributed by atoms with van der Waals surface area (Å²) < 4.78 is 5.69. The van der Waals surface area contributed by atoms with Crippen molar-refractivity contribution in [3.05, 3.63) is 0 Å². The predicted octanol–water partition coefficient (Wildman–Crippen LogP) is 0.894. The van der Waals surface area contributed by atoms with E-state index in [4.69, 9.17) is 10.5 Å². The highest BCUT2D eigenvalue weighted by Crippen LogP contribution is 2.30. The van der Waals surface area contributed by atoms with Crippen LogP contribution >= 0.6 is 0 Å². The van der Waals surface area contributed by atoms with Gasteiger partial charge in [0.15, 0.2) is 0 Å². The largest absolute Gasteiger partial charge is 0.374 e. The molecule has 2 aliphatic rings. The fourth-order valence-corrected chi connectivity index (χ4v) is 2.73. The Labute approximate surface area is 97.1 Å². The number of nitrogens with zero attached hydrogens (tertiary/aromatic N) is 1. The fourth-order valence-electron chi connectivity index (χ4n) is 2.73. The van der Waals surface area contributed by atoms with Gasteiger partial charge < -0.3 is 15.4 Å². The second kappa shape index (κ2) is 5.15. The Bertz CT molecular complexity index is 255. The third-order valence-electron chi connectivity index (χ3n) is 3.62. The normalized spacial score (nSPS) is 31.2. The highest BCUT2D eigenvalue weighted by atomic mass is 16.5. The van der Waals surface area contributed by atoms with Crippen molar-refractivity contribution in [3.8, 4) is 0 Å². The first-order valence-corrected chi connectivity index (χ1v) is 6.35. The number of carbonyl (C=O) groups excluding carboxylic acids is 1. The zero-order valence-electron chi connectivity index (χ0n) is 10.0. The van der Waals surface area contributed by atoms with Crippen molar-refractivity contribution in [2.75, 3.05) is 13.2 Å². The van der Waals surface area contributed by atoms with Crippen LogP contribution in [0.5, 0.6) is 0 Å². The van der Waals surface area contributed by atoms with Crippen LogP contribution in [-0.4, -0.2) is 42.1 Å². The van der Waals surface area contributed by atoms with Crippen LogP contribution in [0.3, 0.4) is 0 Å². The molecule has 0 spiro atoms. The van der Waals surface area contributed by atoms with Crippen LogP contribution < -0.4 is 5.73 Å². The molecular formula is C12H22N2O2. The minimum Gasteiger partial charge on any atom is -0.374 e. The molecule has 4 nitrogen and oxygen atoms in total. The number of carbonyl (C=O) groups is 1. The van der Waals surface area contributed by atoms with Crippen molar-refractivity contribution in [1.29, 1.82) is 0 Å². The molecule has 0 aromatic rings. The molecule has 3 atom stereocenters. The zero-order valence-corrected chi connectivity index (χ0v) is 10.0. The van der Waals surface area contributed by atoms with E-state index in [0.29, 0.717) is 25.2 Å². The van der Waals surface area contributed by atoms with E-state index in [9.17, 15) is 4.79 Å². The van der Waals surface area contributed by atoms with Crippen LogP contribution in [0.4, 0.5) is 0 Å². The number of fused-ring (bicyclic) bond motifs is 1. The molecule has 1 aliphatic carbocycles. The highest BCUT2D eigenvalue weighted by Gasteiger charge is 2.37. The summed E-state index contributed by atoms with van der Waals surface area (Å²) in [7, 11) is 0. The van der Waals surface area contributed by atoms with Crippen LogP contribution in [0.2, 0.25) is 0 Å². The standard InChI is InChI=1S/C12H22N2O2/c1-9(13)5-6-12(15)14-7-8-16-11-4-2-3-10(11)14/h9-11H,2-8,13H2,1H3. The van der Waals surface area contributed by atoms with Crippen molar-refractivity contribution in [1.82, 2.24) is 4.90 Å². The fraction of sp³-hybridized carbons (Fsp3) is 0.917. The Morgan fingerprint density at radius 1 is 1.56 bits per heavy atom. The van der Waals surface area contributed by atoms with E-state index in [1.165, 1.54) is 6.42 Å². The van der Waals surface area contributed by atoms with E-state index >= 15 is 0 Å². The van der Waals surface area contributed by atoms with Crippen LogP contribution in [0.25, 0.3) is 0 Å². The first-order chi connectivity index (χ1) is 7.68. The average molecular weight is 226 g/mol. The molecule has 0 radical (unpaired) electrons. The SMILES string of the molecule is CC(N)CCC(=O)N1CCOC2CCCC21. The van der Waals surface area contributed by atoms with Crippen molar-refractivity contribution in [3.63, 3.8) is 0 Å². The monoisotopic (exact) mass is 226 g/mol. The summed E-state index contributed by atoms with van der Waals surface area (Å²) in [5.41, 5.74) is 5.68. The smallest absolute Gasteiger partial charge is 0.223 e. The third-order valence-corrected chi connectivity index (χ3v) is 3.62. The van der Waals surface area contributed by atoms with Gasteiger partial charge in [-0.1, -0.05) is 0 Å². The molecule has 0 aromatic heterocycles. The van der Waals surface area contributed by atoms with Gasteiger partial charge >= 0.3 is 0 Å². The second-order valence-corrected chi connectivity index (χ2v) is 5.01.